The SMILES string of the molecule is COc1ccc(NC(=O)c2ccc(NC3CC3)nn2)cc1. The van der Waals surface area contributed by atoms with Gasteiger partial charge in [0.05, 0.1) is 7.11 Å². The summed E-state index contributed by atoms with van der Waals surface area (Å²) in [6.07, 6.45) is 2.34. The fourth-order valence-electron chi connectivity index (χ4n) is 1.84. The number of carbonyl (C=O) groups excluding carboxylic acids is 1. The molecular weight excluding hydrogens is 268 g/mol. The fourth-order valence-corrected chi connectivity index (χ4v) is 1.84. The molecule has 2 aromatic rings. The summed E-state index contributed by atoms with van der Waals surface area (Å²) in [4.78, 5) is 12.0. The van der Waals surface area contributed by atoms with Crippen LogP contribution in [-0.4, -0.2) is 29.3 Å². The van der Waals surface area contributed by atoms with Gasteiger partial charge in [-0.15, -0.1) is 10.2 Å². The van der Waals surface area contributed by atoms with Crippen molar-refractivity contribution in [3.63, 3.8) is 0 Å². The summed E-state index contributed by atoms with van der Waals surface area (Å²) in [6, 6.07) is 11.1. The van der Waals surface area contributed by atoms with Crippen LogP contribution in [0.5, 0.6) is 5.75 Å². The van der Waals surface area contributed by atoms with Gasteiger partial charge in [0, 0.05) is 11.7 Å². The molecule has 1 saturated carbocycles. The van der Waals surface area contributed by atoms with Gasteiger partial charge in [0.2, 0.25) is 0 Å². The molecule has 6 nitrogen and oxygen atoms in total. The number of benzene rings is 1. The number of carbonyl (C=O) groups is 1. The van der Waals surface area contributed by atoms with Gasteiger partial charge in [-0.1, -0.05) is 0 Å². The molecule has 21 heavy (non-hydrogen) atoms. The van der Waals surface area contributed by atoms with E-state index in [-0.39, 0.29) is 11.6 Å². The lowest BCUT2D eigenvalue weighted by Crippen LogP contribution is -2.15. The summed E-state index contributed by atoms with van der Waals surface area (Å²) in [5.41, 5.74) is 0.968. The lowest BCUT2D eigenvalue weighted by molar-refractivity contribution is 0.102. The van der Waals surface area contributed by atoms with Gasteiger partial charge in [0.25, 0.3) is 5.91 Å². The van der Waals surface area contributed by atoms with E-state index < -0.39 is 0 Å². The van der Waals surface area contributed by atoms with Gasteiger partial charge in [0.1, 0.15) is 11.6 Å². The maximum absolute atomic E-state index is 12.0. The minimum absolute atomic E-state index is 0.284. The quantitative estimate of drug-likeness (QED) is 0.881. The minimum atomic E-state index is -0.286. The van der Waals surface area contributed by atoms with E-state index in [0.717, 1.165) is 5.75 Å². The Hall–Kier alpha value is -2.63. The second-order valence-corrected chi connectivity index (χ2v) is 4.91. The highest BCUT2D eigenvalue weighted by atomic mass is 16.5. The van der Waals surface area contributed by atoms with Crippen LogP contribution < -0.4 is 15.4 Å². The van der Waals surface area contributed by atoms with Crippen molar-refractivity contribution in [1.29, 1.82) is 0 Å². The maximum Gasteiger partial charge on any atom is 0.276 e. The van der Waals surface area contributed by atoms with Crippen LogP contribution in [0.1, 0.15) is 23.3 Å². The zero-order chi connectivity index (χ0) is 14.7. The Morgan fingerprint density at radius 3 is 2.48 bits per heavy atom. The molecule has 1 aliphatic rings. The number of ether oxygens (including phenoxy) is 1. The molecule has 0 aliphatic heterocycles. The van der Waals surface area contributed by atoms with Crippen LogP contribution in [0, 0.1) is 0 Å². The zero-order valence-corrected chi connectivity index (χ0v) is 11.7. The van der Waals surface area contributed by atoms with E-state index in [1.807, 2.05) is 0 Å². The van der Waals surface area contributed by atoms with E-state index in [2.05, 4.69) is 20.8 Å². The second kappa shape index (κ2) is 5.78. The number of methoxy groups -OCH3 is 1. The van der Waals surface area contributed by atoms with E-state index in [1.165, 1.54) is 12.8 Å². The molecule has 108 valence electrons. The van der Waals surface area contributed by atoms with Crippen molar-refractivity contribution in [2.75, 3.05) is 17.7 Å². The van der Waals surface area contributed by atoms with Crippen LogP contribution in [0.15, 0.2) is 36.4 Å². The Bertz CT molecular complexity index is 621. The van der Waals surface area contributed by atoms with Crippen molar-refractivity contribution in [2.45, 2.75) is 18.9 Å². The smallest absolute Gasteiger partial charge is 0.276 e. The monoisotopic (exact) mass is 284 g/mol. The van der Waals surface area contributed by atoms with Crippen LogP contribution in [0.3, 0.4) is 0 Å². The summed E-state index contributed by atoms with van der Waals surface area (Å²) in [6.45, 7) is 0. The van der Waals surface area contributed by atoms with Crippen molar-refractivity contribution in [1.82, 2.24) is 10.2 Å². The average molecular weight is 284 g/mol. The van der Waals surface area contributed by atoms with E-state index in [0.29, 0.717) is 17.5 Å². The van der Waals surface area contributed by atoms with Gasteiger partial charge < -0.3 is 15.4 Å². The number of nitrogens with one attached hydrogen (secondary N) is 2. The molecule has 0 unspecified atom stereocenters. The van der Waals surface area contributed by atoms with Crippen molar-refractivity contribution in [3.05, 3.63) is 42.1 Å². The van der Waals surface area contributed by atoms with E-state index in [4.69, 9.17) is 4.74 Å². The first-order valence-electron chi connectivity index (χ1n) is 6.80. The molecule has 0 bridgehead atoms. The van der Waals surface area contributed by atoms with Gasteiger partial charge >= 0.3 is 0 Å². The number of amides is 1. The number of nitrogens with zero attached hydrogens (tertiary/aromatic N) is 2. The normalized spacial score (nSPS) is 13.6. The third-order valence-electron chi connectivity index (χ3n) is 3.17. The molecule has 0 spiro atoms. The highest BCUT2D eigenvalue weighted by molar-refractivity contribution is 6.02. The largest absolute Gasteiger partial charge is 0.497 e. The molecule has 6 heteroatoms. The van der Waals surface area contributed by atoms with Gasteiger partial charge in [-0.2, -0.15) is 0 Å². The van der Waals surface area contributed by atoms with Gasteiger partial charge in [-0.25, -0.2) is 0 Å². The summed E-state index contributed by atoms with van der Waals surface area (Å²) < 4.78 is 5.07. The van der Waals surface area contributed by atoms with Gasteiger partial charge in [-0.3, -0.25) is 4.79 Å². The Balaban J connectivity index is 1.63. The van der Waals surface area contributed by atoms with Crippen molar-refractivity contribution >= 4 is 17.4 Å². The van der Waals surface area contributed by atoms with Crippen molar-refractivity contribution < 1.29 is 9.53 Å². The van der Waals surface area contributed by atoms with Gasteiger partial charge in [-0.05, 0) is 49.2 Å². The Morgan fingerprint density at radius 1 is 1.14 bits per heavy atom. The first-order chi connectivity index (χ1) is 10.2. The second-order valence-electron chi connectivity index (χ2n) is 4.91. The predicted octanol–water partition coefficient (Wildman–Crippen LogP) is 2.31. The van der Waals surface area contributed by atoms with E-state index in [9.17, 15) is 4.79 Å². The first kappa shape index (κ1) is 13.4. The molecule has 1 heterocycles. The summed E-state index contributed by atoms with van der Waals surface area (Å²) in [7, 11) is 1.60. The van der Waals surface area contributed by atoms with Crippen LogP contribution in [0.4, 0.5) is 11.5 Å². The molecule has 2 N–H and O–H groups in total. The minimum Gasteiger partial charge on any atom is -0.497 e. The summed E-state index contributed by atoms with van der Waals surface area (Å²) in [5.74, 6) is 1.16. The molecular formula is C15H16N4O2. The molecule has 0 radical (unpaired) electrons. The third-order valence-corrected chi connectivity index (χ3v) is 3.17. The van der Waals surface area contributed by atoms with Gasteiger partial charge in [0.15, 0.2) is 5.69 Å². The molecule has 0 saturated heterocycles. The number of rotatable bonds is 5. The lowest BCUT2D eigenvalue weighted by Gasteiger charge is -2.06. The topological polar surface area (TPSA) is 76.1 Å². The lowest BCUT2D eigenvalue weighted by atomic mass is 10.3. The third kappa shape index (κ3) is 3.47. The first-order valence-corrected chi connectivity index (χ1v) is 6.80. The van der Waals surface area contributed by atoms with Crippen LogP contribution in [0.25, 0.3) is 0 Å². The van der Waals surface area contributed by atoms with Crippen molar-refractivity contribution in [3.8, 4) is 5.75 Å². The predicted molar refractivity (Wildman–Crippen MR) is 79.6 cm³/mol. The highest BCUT2D eigenvalue weighted by Crippen LogP contribution is 2.23. The maximum atomic E-state index is 12.0. The van der Waals surface area contributed by atoms with Crippen molar-refractivity contribution in [2.24, 2.45) is 0 Å². The molecule has 1 aromatic heterocycles. The fraction of sp³-hybridized carbons (Fsp3) is 0.267. The standard InChI is InChI=1S/C15H16N4O2/c1-21-12-6-4-11(5-7-12)17-15(20)13-8-9-14(19-18-13)16-10-2-3-10/h4-10H,2-3H2,1H3,(H,16,19)(H,17,20). The summed E-state index contributed by atoms with van der Waals surface area (Å²) in [5, 5.41) is 13.9. The molecule has 1 aliphatic carbocycles. The number of hydrogen-bond donors (Lipinski definition) is 2. The van der Waals surface area contributed by atoms with Crippen LogP contribution >= 0.6 is 0 Å². The van der Waals surface area contributed by atoms with Crippen LogP contribution in [-0.2, 0) is 0 Å². The van der Waals surface area contributed by atoms with Crippen LogP contribution in [0.2, 0.25) is 0 Å². The Kier molecular flexibility index (Phi) is 3.68. The molecule has 1 amide bonds. The number of hydrogen-bond acceptors (Lipinski definition) is 5. The molecule has 1 aromatic carbocycles. The Labute approximate surface area is 122 Å². The number of aromatic nitrogens is 2. The summed E-state index contributed by atoms with van der Waals surface area (Å²) >= 11 is 0. The molecule has 3 rings (SSSR count). The highest BCUT2D eigenvalue weighted by Gasteiger charge is 2.21. The Morgan fingerprint density at radius 2 is 1.90 bits per heavy atom. The van der Waals surface area contributed by atoms with E-state index >= 15 is 0 Å². The average Bonchev–Trinajstić information content (AvgIpc) is 3.33. The van der Waals surface area contributed by atoms with E-state index in [1.54, 1.807) is 43.5 Å². The number of anilines is 2. The molecule has 1 fully saturated rings. The molecule has 0 atom stereocenters. The zero-order valence-electron chi connectivity index (χ0n) is 11.7.